The van der Waals surface area contributed by atoms with E-state index in [4.69, 9.17) is 0 Å². The molecule has 0 aliphatic carbocycles. The molecule has 0 bridgehead atoms. The molecule has 0 unspecified atom stereocenters. The Morgan fingerprint density at radius 2 is 1.83 bits per heavy atom. The molecule has 3 nitrogen and oxygen atoms in total. The number of piperidine rings is 1. The predicted molar refractivity (Wildman–Crippen MR) is 100 cm³/mol. The minimum Gasteiger partial charge on any atom is -0.371 e. The number of hydrogen-bond acceptors (Lipinski definition) is 4. The zero-order valence-electron chi connectivity index (χ0n) is 14.3. The van der Waals surface area contributed by atoms with Gasteiger partial charge in [-0.05, 0) is 37.8 Å². The van der Waals surface area contributed by atoms with Crippen LogP contribution in [0.3, 0.4) is 0 Å². The van der Waals surface area contributed by atoms with E-state index in [0.29, 0.717) is 18.0 Å². The van der Waals surface area contributed by atoms with Crippen molar-refractivity contribution in [2.75, 3.05) is 18.0 Å². The van der Waals surface area contributed by atoms with E-state index < -0.39 is 0 Å². The van der Waals surface area contributed by atoms with Crippen LogP contribution in [-0.4, -0.2) is 30.2 Å². The highest BCUT2D eigenvalue weighted by atomic mass is 32.1. The molecule has 1 aliphatic rings. The first-order chi connectivity index (χ1) is 11.1. The van der Waals surface area contributed by atoms with Crippen LogP contribution in [0.5, 0.6) is 0 Å². The Labute approximate surface area is 143 Å². The van der Waals surface area contributed by atoms with Gasteiger partial charge in [0.2, 0.25) is 0 Å². The van der Waals surface area contributed by atoms with Crippen LogP contribution < -0.4 is 10.2 Å². The van der Waals surface area contributed by atoms with Crippen molar-refractivity contribution in [3.63, 3.8) is 0 Å². The fourth-order valence-electron chi connectivity index (χ4n) is 3.07. The van der Waals surface area contributed by atoms with Crippen molar-refractivity contribution in [3.05, 3.63) is 35.2 Å². The number of thiazole rings is 1. The first-order valence-electron chi connectivity index (χ1n) is 8.63. The molecule has 1 aromatic heterocycles. The van der Waals surface area contributed by atoms with Gasteiger partial charge in [0, 0.05) is 41.8 Å². The number of benzene rings is 1. The van der Waals surface area contributed by atoms with E-state index in [-0.39, 0.29) is 0 Å². The third-order valence-corrected chi connectivity index (χ3v) is 5.54. The summed E-state index contributed by atoms with van der Waals surface area (Å²) in [7, 11) is 0. The molecule has 3 rings (SSSR count). The van der Waals surface area contributed by atoms with Crippen LogP contribution in [0.25, 0.3) is 11.3 Å². The molecular weight excluding hydrogens is 302 g/mol. The highest BCUT2D eigenvalue weighted by Crippen LogP contribution is 2.25. The van der Waals surface area contributed by atoms with E-state index in [9.17, 15) is 0 Å². The van der Waals surface area contributed by atoms with Gasteiger partial charge in [-0.15, -0.1) is 11.3 Å². The normalized spacial score (nSPS) is 17.7. The summed E-state index contributed by atoms with van der Waals surface area (Å²) in [6, 6.07) is 10.1. The largest absolute Gasteiger partial charge is 0.371 e. The Bertz CT molecular complexity index is 584. The van der Waals surface area contributed by atoms with E-state index in [2.05, 4.69) is 65.6 Å². The molecule has 0 saturated carbocycles. The maximum atomic E-state index is 4.38. The van der Waals surface area contributed by atoms with E-state index in [1.807, 2.05) is 5.51 Å². The van der Waals surface area contributed by atoms with Crippen molar-refractivity contribution >= 4 is 17.0 Å². The lowest BCUT2D eigenvalue weighted by atomic mass is 10.00. The molecule has 4 heteroatoms. The van der Waals surface area contributed by atoms with Crippen molar-refractivity contribution in [2.45, 2.75) is 45.7 Å². The lowest BCUT2D eigenvalue weighted by Crippen LogP contribution is -2.46. The van der Waals surface area contributed by atoms with Gasteiger partial charge in [0.15, 0.2) is 0 Å². The first-order valence-corrected chi connectivity index (χ1v) is 9.57. The molecule has 0 spiro atoms. The van der Waals surface area contributed by atoms with E-state index in [0.717, 1.165) is 18.8 Å². The van der Waals surface area contributed by atoms with Crippen LogP contribution in [-0.2, 0) is 0 Å². The zero-order valence-corrected chi connectivity index (χ0v) is 15.1. The SMILES string of the molecule is CC(C)[C@H](C)NC1CCN(c2ccc(-c3cscn3)cc2)CC1. The molecule has 124 valence electrons. The van der Waals surface area contributed by atoms with E-state index >= 15 is 0 Å². The predicted octanol–water partition coefficient (Wildman–Crippen LogP) is 4.41. The molecule has 1 aliphatic heterocycles. The number of aromatic nitrogens is 1. The van der Waals surface area contributed by atoms with Crippen LogP contribution in [0.15, 0.2) is 35.2 Å². The number of nitrogens with zero attached hydrogens (tertiary/aromatic N) is 2. The third-order valence-electron chi connectivity index (χ3n) is 4.95. The summed E-state index contributed by atoms with van der Waals surface area (Å²) in [5, 5.41) is 5.88. The van der Waals surface area contributed by atoms with Crippen molar-refractivity contribution in [1.29, 1.82) is 0 Å². The molecule has 1 atom stereocenters. The van der Waals surface area contributed by atoms with Gasteiger partial charge >= 0.3 is 0 Å². The van der Waals surface area contributed by atoms with E-state index in [1.54, 1.807) is 11.3 Å². The topological polar surface area (TPSA) is 28.2 Å². The Hall–Kier alpha value is -1.39. The fourth-order valence-corrected chi connectivity index (χ4v) is 3.63. The first kappa shape index (κ1) is 16.5. The third kappa shape index (κ3) is 4.12. The molecule has 1 fully saturated rings. The van der Waals surface area contributed by atoms with Gasteiger partial charge in [-0.3, -0.25) is 0 Å². The molecule has 0 amide bonds. The van der Waals surface area contributed by atoms with Crippen LogP contribution in [0.2, 0.25) is 0 Å². The molecule has 2 aromatic rings. The molecule has 2 heterocycles. The molecule has 1 N–H and O–H groups in total. The molecule has 1 aromatic carbocycles. The van der Waals surface area contributed by atoms with Gasteiger partial charge in [-0.25, -0.2) is 4.98 Å². The lowest BCUT2D eigenvalue weighted by molar-refractivity contribution is 0.331. The summed E-state index contributed by atoms with van der Waals surface area (Å²) >= 11 is 1.65. The van der Waals surface area contributed by atoms with Gasteiger partial charge in [-0.2, -0.15) is 0 Å². The summed E-state index contributed by atoms with van der Waals surface area (Å²) in [5.41, 5.74) is 5.50. The Morgan fingerprint density at radius 1 is 1.13 bits per heavy atom. The summed E-state index contributed by atoms with van der Waals surface area (Å²) in [4.78, 5) is 6.88. The van der Waals surface area contributed by atoms with Crippen LogP contribution in [0.4, 0.5) is 5.69 Å². The van der Waals surface area contributed by atoms with Crippen LogP contribution >= 0.6 is 11.3 Å². The number of nitrogens with one attached hydrogen (secondary N) is 1. The van der Waals surface area contributed by atoms with Crippen LogP contribution in [0.1, 0.15) is 33.6 Å². The molecule has 23 heavy (non-hydrogen) atoms. The summed E-state index contributed by atoms with van der Waals surface area (Å²) in [6.45, 7) is 9.15. The molecule has 0 radical (unpaired) electrons. The Morgan fingerprint density at radius 3 is 2.39 bits per heavy atom. The highest BCUT2D eigenvalue weighted by Gasteiger charge is 2.21. The number of anilines is 1. The maximum Gasteiger partial charge on any atom is 0.0811 e. The van der Waals surface area contributed by atoms with Crippen molar-refractivity contribution in [3.8, 4) is 11.3 Å². The lowest BCUT2D eigenvalue weighted by Gasteiger charge is -2.36. The molecule has 1 saturated heterocycles. The smallest absolute Gasteiger partial charge is 0.0811 e. The fraction of sp³-hybridized carbons (Fsp3) is 0.526. The Balaban J connectivity index is 1.55. The highest BCUT2D eigenvalue weighted by molar-refractivity contribution is 7.07. The maximum absolute atomic E-state index is 4.38. The second-order valence-electron chi connectivity index (χ2n) is 6.88. The van der Waals surface area contributed by atoms with Crippen molar-refractivity contribution in [2.24, 2.45) is 5.92 Å². The average Bonchev–Trinajstić information content (AvgIpc) is 3.10. The minimum absolute atomic E-state index is 0.601. The van der Waals surface area contributed by atoms with Gasteiger partial charge in [0.1, 0.15) is 0 Å². The van der Waals surface area contributed by atoms with Crippen molar-refractivity contribution in [1.82, 2.24) is 10.3 Å². The minimum atomic E-state index is 0.601. The Kier molecular flexibility index (Phi) is 5.34. The quantitative estimate of drug-likeness (QED) is 0.880. The monoisotopic (exact) mass is 329 g/mol. The second kappa shape index (κ2) is 7.45. The van der Waals surface area contributed by atoms with Crippen molar-refractivity contribution < 1.29 is 0 Å². The van der Waals surface area contributed by atoms with E-state index in [1.165, 1.54) is 24.1 Å². The average molecular weight is 330 g/mol. The molecular formula is C19H27N3S. The number of rotatable bonds is 5. The van der Waals surface area contributed by atoms with Gasteiger partial charge in [0.25, 0.3) is 0 Å². The summed E-state index contributed by atoms with van der Waals surface area (Å²) in [6.07, 6.45) is 2.45. The zero-order chi connectivity index (χ0) is 16.2. The van der Waals surface area contributed by atoms with Gasteiger partial charge in [0.05, 0.1) is 11.2 Å². The standard InChI is InChI=1S/C19H27N3S/c1-14(2)15(3)21-17-8-10-22(11-9-17)18-6-4-16(5-7-18)19-12-23-13-20-19/h4-7,12-15,17,21H,8-11H2,1-3H3/t15-/m0/s1. The van der Waals surface area contributed by atoms with Crippen LogP contribution in [0, 0.1) is 5.92 Å². The van der Waals surface area contributed by atoms with Gasteiger partial charge in [-0.1, -0.05) is 26.0 Å². The second-order valence-corrected chi connectivity index (χ2v) is 7.60. The van der Waals surface area contributed by atoms with Gasteiger partial charge < -0.3 is 10.2 Å². The summed E-state index contributed by atoms with van der Waals surface area (Å²) < 4.78 is 0. The summed E-state index contributed by atoms with van der Waals surface area (Å²) in [5.74, 6) is 0.700. The number of hydrogen-bond donors (Lipinski definition) is 1.